The van der Waals surface area contributed by atoms with Gasteiger partial charge in [-0.25, -0.2) is 4.98 Å². The van der Waals surface area contributed by atoms with E-state index in [0.717, 1.165) is 10.4 Å². The highest BCUT2D eigenvalue weighted by Gasteiger charge is 2.12. The second-order valence-electron chi connectivity index (χ2n) is 5.18. The third kappa shape index (κ3) is 3.54. The first-order valence-electron chi connectivity index (χ1n) is 6.94. The first kappa shape index (κ1) is 15.2. The van der Waals surface area contributed by atoms with Crippen LogP contribution in [0.4, 0.5) is 5.13 Å². The fraction of sp³-hybridized carbons (Fsp3) is 0.200. The van der Waals surface area contributed by atoms with Gasteiger partial charge in [-0.1, -0.05) is 6.07 Å². The van der Waals surface area contributed by atoms with Crippen LogP contribution < -0.4 is 10.9 Å². The van der Waals surface area contributed by atoms with Crippen LogP contribution in [-0.4, -0.2) is 26.9 Å². The van der Waals surface area contributed by atoms with Crippen LogP contribution in [0.5, 0.6) is 0 Å². The summed E-state index contributed by atoms with van der Waals surface area (Å²) >= 11 is 1.36. The van der Waals surface area contributed by atoms with Crippen molar-refractivity contribution >= 4 is 39.1 Å². The number of amides is 1. The molecule has 1 amide bonds. The minimum atomic E-state index is -0.375. The lowest BCUT2D eigenvalue weighted by atomic mass is 10.1. The van der Waals surface area contributed by atoms with E-state index in [1.807, 2.05) is 6.92 Å². The van der Waals surface area contributed by atoms with Crippen molar-refractivity contribution in [3.8, 4) is 0 Å². The quantitative estimate of drug-likeness (QED) is 0.619. The second-order valence-corrected chi connectivity index (χ2v) is 6.41. The van der Waals surface area contributed by atoms with Crippen molar-refractivity contribution in [2.45, 2.75) is 19.8 Å². The number of rotatable bonds is 5. The van der Waals surface area contributed by atoms with Crippen molar-refractivity contribution in [3.63, 3.8) is 0 Å². The lowest BCUT2D eigenvalue weighted by Gasteiger charge is -2.02. The number of ketones is 1. The minimum Gasteiger partial charge on any atom is -0.302 e. The summed E-state index contributed by atoms with van der Waals surface area (Å²) in [6.45, 7) is 1.89. The van der Waals surface area contributed by atoms with E-state index in [2.05, 4.69) is 20.5 Å². The number of aromatic amines is 2. The van der Waals surface area contributed by atoms with E-state index in [-0.39, 0.29) is 30.1 Å². The van der Waals surface area contributed by atoms with Crippen LogP contribution in [0, 0.1) is 6.92 Å². The maximum absolute atomic E-state index is 12.0. The number of thiazole rings is 1. The lowest BCUT2D eigenvalue weighted by molar-refractivity contribution is -0.125. The Morgan fingerprint density at radius 2 is 2.13 bits per heavy atom. The number of carbonyl (C=O) groups excluding carboxylic acids is 2. The molecule has 0 bridgehead atoms. The van der Waals surface area contributed by atoms with Crippen molar-refractivity contribution in [3.05, 3.63) is 45.2 Å². The summed E-state index contributed by atoms with van der Waals surface area (Å²) in [6, 6.07) is 5.10. The highest BCUT2D eigenvalue weighted by Crippen LogP contribution is 2.17. The van der Waals surface area contributed by atoms with Crippen LogP contribution in [0.15, 0.2) is 29.2 Å². The molecular weight excluding hydrogens is 316 g/mol. The van der Waals surface area contributed by atoms with E-state index < -0.39 is 0 Å². The number of H-pyrrole nitrogens is 2. The number of anilines is 1. The van der Waals surface area contributed by atoms with Gasteiger partial charge in [0, 0.05) is 17.5 Å². The van der Waals surface area contributed by atoms with Crippen LogP contribution in [0.25, 0.3) is 10.9 Å². The molecule has 3 rings (SSSR count). The fourth-order valence-corrected chi connectivity index (χ4v) is 2.92. The molecule has 0 saturated carbocycles. The van der Waals surface area contributed by atoms with Crippen LogP contribution in [0.2, 0.25) is 0 Å². The van der Waals surface area contributed by atoms with Crippen LogP contribution >= 0.6 is 11.3 Å². The van der Waals surface area contributed by atoms with Gasteiger partial charge in [-0.15, -0.1) is 11.3 Å². The van der Waals surface area contributed by atoms with Gasteiger partial charge in [0.1, 0.15) is 5.78 Å². The molecule has 0 aliphatic carbocycles. The van der Waals surface area contributed by atoms with Gasteiger partial charge >= 0.3 is 0 Å². The molecule has 3 aromatic rings. The van der Waals surface area contributed by atoms with E-state index in [0.29, 0.717) is 16.0 Å². The predicted octanol–water partition coefficient (Wildman–Crippen LogP) is 1.76. The monoisotopic (exact) mass is 330 g/mol. The largest absolute Gasteiger partial charge is 0.302 e. The molecule has 0 atom stereocenters. The Kier molecular flexibility index (Phi) is 4.07. The maximum Gasteiger partial charge on any atom is 0.271 e. The molecule has 7 nitrogen and oxygen atoms in total. The highest BCUT2D eigenvalue weighted by molar-refractivity contribution is 7.15. The van der Waals surface area contributed by atoms with Crippen molar-refractivity contribution in [1.82, 2.24) is 15.2 Å². The third-order valence-corrected chi connectivity index (χ3v) is 4.09. The van der Waals surface area contributed by atoms with Gasteiger partial charge in [0.25, 0.3) is 5.56 Å². The van der Waals surface area contributed by atoms with Crippen molar-refractivity contribution in [2.75, 3.05) is 5.32 Å². The molecule has 2 aromatic heterocycles. The molecule has 0 unspecified atom stereocenters. The van der Waals surface area contributed by atoms with Gasteiger partial charge in [-0.2, -0.15) is 0 Å². The molecule has 118 valence electrons. The zero-order valence-electron chi connectivity index (χ0n) is 12.3. The number of benzene rings is 1. The summed E-state index contributed by atoms with van der Waals surface area (Å²) in [5, 5.41) is 8.87. The topological polar surface area (TPSA) is 108 Å². The molecular formula is C15H14N4O3S. The smallest absolute Gasteiger partial charge is 0.271 e. The van der Waals surface area contributed by atoms with Gasteiger partial charge in [0.05, 0.1) is 17.3 Å². The number of aryl methyl sites for hydroxylation is 1. The van der Waals surface area contributed by atoms with Crippen molar-refractivity contribution < 1.29 is 9.59 Å². The number of carbonyl (C=O) groups is 2. The Morgan fingerprint density at radius 1 is 1.30 bits per heavy atom. The molecule has 2 heterocycles. The van der Waals surface area contributed by atoms with E-state index in [1.165, 1.54) is 11.3 Å². The summed E-state index contributed by atoms with van der Waals surface area (Å²) in [5.41, 5.74) is 1.19. The van der Waals surface area contributed by atoms with Gasteiger partial charge in [0.2, 0.25) is 5.91 Å². The third-order valence-electron chi connectivity index (χ3n) is 3.27. The lowest BCUT2D eigenvalue weighted by Crippen LogP contribution is -2.17. The molecule has 0 saturated heterocycles. The van der Waals surface area contributed by atoms with E-state index in [4.69, 9.17) is 0 Å². The minimum absolute atomic E-state index is 0.132. The van der Waals surface area contributed by atoms with Gasteiger partial charge in [-0.3, -0.25) is 24.6 Å². The van der Waals surface area contributed by atoms with Gasteiger partial charge in [-0.05, 0) is 24.6 Å². The Morgan fingerprint density at radius 3 is 2.87 bits per heavy atom. The molecule has 0 fully saturated rings. The molecule has 0 spiro atoms. The average molecular weight is 330 g/mol. The molecule has 0 aliphatic heterocycles. The Labute approximate surface area is 134 Å². The summed E-state index contributed by atoms with van der Waals surface area (Å²) in [7, 11) is 0. The Hall–Kier alpha value is -2.74. The zero-order chi connectivity index (χ0) is 16.4. The van der Waals surface area contributed by atoms with Crippen LogP contribution in [0.3, 0.4) is 0 Å². The molecule has 1 aromatic carbocycles. The Bertz CT molecular complexity index is 937. The van der Waals surface area contributed by atoms with E-state index in [1.54, 1.807) is 24.4 Å². The second kappa shape index (κ2) is 6.17. The normalized spacial score (nSPS) is 10.8. The standard InChI is InChI=1S/C15H14N4O3S/c1-8-7-16-15(23-8)17-13(21)6-10(20)4-9-2-3-11-12(5-9)18-19-14(11)22/h2-3,5,7H,4,6H2,1H3,(H,16,17,21)(H2,18,19,22). The zero-order valence-corrected chi connectivity index (χ0v) is 13.1. The summed E-state index contributed by atoms with van der Waals surface area (Å²) in [5.74, 6) is -0.575. The number of fused-ring (bicyclic) bond motifs is 1. The fourth-order valence-electron chi connectivity index (χ4n) is 2.24. The van der Waals surface area contributed by atoms with Crippen molar-refractivity contribution in [1.29, 1.82) is 0 Å². The number of Topliss-reactive ketones (excluding diaryl/α,β-unsaturated/α-hetero) is 1. The summed E-state index contributed by atoms with van der Waals surface area (Å²) in [6.07, 6.45) is 1.59. The predicted molar refractivity (Wildman–Crippen MR) is 87.7 cm³/mol. The van der Waals surface area contributed by atoms with E-state index in [9.17, 15) is 14.4 Å². The SMILES string of the molecule is Cc1cnc(NC(=O)CC(=O)Cc2ccc3c(=O)[nH][nH]c3c2)s1. The Balaban J connectivity index is 1.61. The first-order chi connectivity index (χ1) is 11.0. The van der Waals surface area contributed by atoms with E-state index >= 15 is 0 Å². The van der Waals surface area contributed by atoms with Crippen LogP contribution in [-0.2, 0) is 16.0 Å². The van der Waals surface area contributed by atoms with Gasteiger partial charge < -0.3 is 5.32 Å². The molecule has 8 heteroatoms. The highest BCUT2D eigenvalue weighted by atomic mass is 32.1. The molecule has 23 heavy (non-hydrogen) atoms. The summed E-state index contributed by atoms with van der Waals surface area (Å²) < 4.78 is 0. The van der Waals surface area contributed by atoms with Crippen molar-refractivity contribution in [2.24, 2.45) is 0 Å². The number of nitrogens with one attached hydrogen (secondary N) is 3. The molecule has 0 radical (unpaired) electrons. The summed E-state index contributed by atoms with van der Waals surface area (Å²) in [4.78, 5) is 40.3. The number of nitrogens with zero attached hydrogens (tertiary/aromatic N) is 1. The molecule has 3 N–H and O–H groups in total. The molecule has 0 aliphatic rings. The maximum atomic E-state index is 12.0. The van der Waals surface area contributed by atoms with Crippen LogP contribution in [0.1, 0.15) is 16.9 Å². The average Bonchev–Trinajstić information content (AvgIpc) is 3.05. The number of aromatic nitrogens is 3. The first-order valence-corrected chi connectivity index (χ1v) is 7.76. The number of hydrogen-bond acceptors (Lipinski definition) is 5. The van der Waals surface area contributed by atoms with Gasteiger partial charge in [0.15, 0.2) is 5.13 Å². The number of hydrogen-bond donors (Lipinski definition) is 3.